The number of aryl methyl sites for hydroxylation is 1. The van der Waals surface area contributed by atoms with Gasteiger partial charge in [0.15, 0.2) is 0 Å². The Morgan fingerprint density at radius 2 is 1.85 bits per heavy atom. The van der Waals surface area contributed by atoms with Crippen LogP contribution in [0.3, 0.4) is 0 Å². The van der Waals surface area contributed by atoms with E-state index in [9.17, 15) is 14.4 Å². The van der Waals surface area contributed by atoms with E-state index in [0.717, 1.165) is 5.56 Å². The number of benzene rings is 1. The topological polar surface area (TPSA) is 93.2 Å². The van der Waals surface area contributed by atoms with Crippen molar-refractivity contribution in [2.75, 3.05) is 6.54 Å². The third kappa shape index (κ3) is 6.13. The van der Waals surface area contributed by atoms with E-state index in [1.807, 2.05) is 30.3 Å². The van der Waals surface area contributed by atoms with Crippen LogP contribution in [0.25, 0.3) is 0 Å². The van der Waals surface area contributed by atoms with Gasteiger partial charge in [-0.2, -0.15) is 0 Å². The smallest absolute Gasteiger partial charge is 0.407 e. The normalized spacial score (nSPS) is 11.3. The average molecular weight is 373 g/mol. The molecule has 27 heavy (non-hydrogen) atoms. The van der Waals surface area contributed by atoms with Crippen LogP contribution in [0.2, 0.25) is 0 Å². The van der Waals surface area contributed by atoms with Crippen molar-refractivity contribution in [3.63, 3.8) is 0 Å². The van der Waals surface area contributed by atoms with E-state index in [1.54, 1.807) is 27.7 Å². The second-order valence-electron chi connectivity index (χ2n) is 7.44. The fourth-order valence-corrected chi connectivity index (χ4v) is 2.64. The molecule has 146 valence electrons. The van der Waals surface area contributed by atoms with E-state index >= 15 is 0 Å². The van der Waals surface area contributed by atoms with Crippen LogP contribution in [0.4, 0.5) is 4.79 Å². The molecule has 0 radical (unpaired) electrons. The quantitative estimate of drug-likeness (QED) is 0.760. The lowest BCUT2D eigenvalue weighted by atomic mass is 10.1. The summed E-state index contributed by atoms with van der Waals surface area (Å²) in [7, 11) is 0. The van der Waals surface area contributed by atoms with Crippen molar-refractivity contribution in [2.24, 2.45) is 0 Å². The van der Waals surface area contributed by atoms with Gasteiger partial charge in [-0.05, 0) is 46.1 Å². The number of aromatic amines is 1. The molecule has 1 aromatic carbocycles. The molecule has 0 aliphatic rings. The SMILES string of the molecule is Cc1c(CCCNC(=O)OC(C)(C)C)[nH]c(=O)n(Cc2ccccc2)c1=O. The third-order valence-electron chi connectivity index (χ3n) is 3.98. The van der Waals surface area contributed by atoms with Crippen LogP contribution in [0, 0.1) is 6.92 Å². The molecule has 0 fully saturated rings. The summed E-state index contributed by atoms with van der Waals surface area (Å²) >= 11 is 0. The number of carbonyl (C=O) groups excluding carboxylic acids is 1. The molecular weight excluding hydrogens is 346 g/mol. The largest absolute Gasteiger partial charge is 0.444 e. The number of nitrogens with one attached hydrogen (secondary N) is 2. The zero-order valence-corrected chi connectivity index (χ0v) is 16.3. The molecule has 7 heteroatoms. The number of hydrogen-bond acceptors (Lipinski definition) is 4. The van der Waals surface area contributed by atoms with Gasteiger partial charge in [-0.1, -0.05) is 30.3 Å². The fraction of sp³-hybridized carbons (Fsp3) is 0.450. The molecular formula is C20H27N3O4. The summed E-state index contributed by atoms with van der Waals surface area (Å²) in [4.78, 5) is 39.3. The van der Waals surface area contributed by atoms with Gasteiger partial charge in [-0.3, -0.25) is 9.36 Å². The van der Waals surface area contributed by atoms with E-state index in [0.29, 0.717) is 30.6 Å². The maximum Gasteiger partial charge on any atom is 0.407 e. The number of rotatable bonds is 6. The Balaban J connectivity index is 2.00. The molecule has 2 aromatic rings. The molecule has 0 saturated heterocycles. The monoisotopic (exact) mass is 373 g/mol. The highest BCUT2D eigenvalue weighted by molar-refractivity contribution is 5.67. The molecule has 1 aromatic heterocycles. The first-order chi connectivity index (χ1) is 12.7. The van der Waals surface area contributed by atoms with Gasteiger partial charge in [0.25, 0.3) is 5.56 Å². The van der Waals surface area contributed by atoms with Gasteiger partial charge in [-0.25, -0.2) is 9.59 Å². The number of nitrogens with zero attached hydrogens (tertiary/aromatic N) is 1. The number of ether oxygens (including phenoxy) is 1. The van der Waals surface area contributed by atoms with Crippen molar-refractivity contribution in [3.8, 4) is 0 Å². The van der Waals surface area contributed by atoms with E-state index in [4.69, 9.17) is 4.74 Å². The van der Waals surface area contributed by atoms with Gasteiger partial charge in [0.05, 0.1) is 6.54 Å². The van der Waals surface area contributed by atoms with Crippen LogP contribution in [0.5, 0.6) is 0 Å². The fourth-order valence-electron chi connectivity index (χ4n) is 2.64. The minimum atomic E-state index is -0.546. The van der Waals surface area contributed by atoms with Gasteiger partial charge >= 0.3 is 11.8 Å². The molecule has 0 spiro atoms. The summed E-state index contributed by atoms with van der Waals surface area (Å²) in [6, 6.07) is 9.37. The van der Waals surface area contributed by atoms with Gasteiger partial charge in [0.1, 0.15) is 5.60 Å². The van der Waals surface area contributed by atoms with Gasteiger partial charge in [-0.15, -0.1) is 0 Å². The lowest BCUT2D eigenvalue weighted by Crippen LogP contribution is -2.38. The highest BCUT2D eigenvalue weighted by Gasteiger charge is 2.16. The zero-order chi connectivity index (χ0) is 20.0. The van der Waals surface area contributed by atoms with Crippen molar-refractivity contribution in [2.45, 2.75) is 52.7 Å². The molecule has 7 nitrogen and oxygen atoms in total. The van der Waals surface area contributed by atoms with Crippen molar-refractivity contribution in [1.82, 2.24) is 14.9 Å². The molecule has 1 heterocycles. The third-order valence-corrected chi connectivity index (χ3v) is 3.98. The van der Waals surface area contributed by atoms with E-state index < -0.39 is 17.4 Å². The van der Waals surface area contributed by atoms with E-state index in [1.165, 1.54) is 4.57 Å². The summed E-state index contributed by atoms with van der Waals surface area (Å²) in [6.45, 7) is 7.72. The Bertz CT molecular complexity index is 892. The first kappa shape index (κ1) is 20.5. The first-order valence-electron chi connectivity index (χ1n) is 9.01. The predicted octanol–water partition coefficient (Wildman–Crippen LogP) is 2.35. The second-order valence-corrected chi connectivity index (χ2v) is 7.44. The highest BCUT2D eigenvalue weighted by atomic mass is 16.6. The number of carbonyl (C=O) groups is 1. The van der Waals surface area contributed by atoms with Gasteiger partial charge in [0.2, 0.25) is 0 Å². The Hall–Kier alpha value is -2.83. The molecule has 0 bridgehead atoms. The zero-order valence-electron chi connectivity index (χ0n) is 16.3. The van der Waals surface area contributed by atoms with Crippen LogP contribution >= 0.6 is 0 Å². The summed E-state index contributed by atoms with van der Waals surface area (Å²) in [6.07, 6.45) is 0.585. The van der Waals surface area contributed by atoms with Crippen LogP contribution in [-0.2, 0) is 17.7 Å². The van der Waals surface area contributed by atoms with Crippen molar-refractivity contribution in [3.05, 3.63) is 68.0 Å². The molecule has 1 amide bonds. The molecule has 0 saturated carbocycles. The van der Waals surface area contributed by atoms with Crippen molar-refractivity contribution in [1.29, 1.82) is 0 Å². The Kier molecular flexibility index (Phi) is 6.60. The lowest BCUT2D eigenvalue weighted by Gasteiger charge is -2.19. The average Bonchev–Trinajstić information content (AvgIpc) is 2.59. The minimum absolute atomic E-state index is 0.232. The number of alkyl carbamates (subject to hydrolysis) is 1. The summed E-state index contributed by atoms with van der Waals surface area (Å²) in [5.74, 6) is 0. The molecule has 0 aliphatic carbocycles. The standard InChI is InChI=1S/C20H27N3O4/c1-14-16(11-8-12-21-19(26)27-20(2,3)4)22-18(25)23(17(14)24)13-15-9-6-5-7-10-15/h5-7,9-10H,8,11-13H2,1-4H3,(H,21,26)(H,22,25). The lowest BCUT2D eigenvalue weighted by molar-refractivity contribution is 0.0527. The Morgan fingerprint density at radius 3 is 2.48 bits per heavy atom. The first-order valence-corrected chi connectivity index (χ1v) is 9.01. The summed E-state index contributed by atoms with van der Waals surface area (Å²) < 4.78 is 6.36. The number of H-pyrrole nitrogens is 1. The summed E-state index contributed by atoms with van der Waals surface area (Å²) in [5, 5.41) is 2.67. The maximum absolute atomic E-state index is 12.6. The number of hydrogen-bond donors (Lipinski definition) is 2. The van der Waals surface area contributed by atoms with Crippen LogP contribution in [-0.4, -0.2) is 27.8 Å². The molecule has 0 atom stereocenters. The molecule has 2 rings (SSSR count). The second kappa shape index (κ2) is 8.70. The van der Waals surface area contributed by atoms with E-state index in [-0.39, 0.29) is 12.1 Å². The maximum atomic E-state index is 12.6. The van der Waals surface area contributed by atoms with Crippen LogP contribution in [0.1, 0.15) is 44.0 Å². The molecule has 0 aliphatic heterocycles. The minimum Gasteiger partial charge on any atom is -0.444 e. The van der Waals surface area contributed by atoms with Crippen molar-refractivity contribution < 1.29 is 9.53 Å². The Morgan fingerprint density at radius 1 is 1.19 bits per heavy atom. The number of aromatic nitrogens is 2. The number of amides is 1. The van der Waals surface area contributed by atoms with Crippen molar-refractivity contribution >= 4 is 6.09 Å². The molecule has 0 unspecified atom stereocenters. The van der Waals surface area contributed by atoms with Crippen LogP contribution < -0.4 is 16.6 Å². The Labute approximate surface area is 158 Å². The predicted molar refractivity (Wildman–Crippen MR) is 104 cm³/mol. The highest BCUT2D eigenvalue weighted by Crippen LogP contribution is 2.07. The van der Waals surface area contributed by atoms with Gasteiger partial charge in [0, 0.05) is 17.8 Å². The summed E-state index contributed by atoms with van der Waals surface area (Å²) in [5.41, 5.74) is 0.735. The van der Waals surface area contributed by atoms with Crippen LogP contribution in [0.15, 0.2) is 39.9 Å². The van der Waals surface area contributed by atoms with Gasteiger partial charge < -0.3 is 15.0 Å². The van der Waals surface area contributed by atoms with E-state index in [2.05, 4.69) is 10.3 Å². The molecule has 2 N–H and O–H groups in total.